The van der Waals surface area contributed by atoms with Gasteiger partial charge in [-0.25, -0.2) is 0 Å². The minimum atomic E-state index is -0.137. The van der Waals surface area contributed by atoms with Gasteiger partial charge in [-0.15, -0.1) is 10.2 Å². The summed E-state index contributed by atoms with van der Waals surface area (Å²) in [7, 11) is 3.99. The Morgan fingerprint density at radius 2 is 2.35 bits per heavy atom. The molecule has 3 rings (SSSR count). The van der Waals surface area contributed by atoms with Gasteiger partial charge in [-0.3, -0.25) is 9.20 Å². The molecule has 1 aliphatic rings. The molecule has 7 heteroatoms. The molecule has 3 heterocycles. The number of fused-ring (bicyclic) bond motifs is 1. The van der Waals surface area contributed by atoms with Gasteiger partial charge in [-0.2, -0.15) is 0 Å². The fourth-order valence-corrected chi connectivity index (χ4v) is 5.78. The van der Waals surface area contributed by atoms with Crippen LogP contribution in [0, 0.1) is 0 Å². The predicted molar refractivity (Wildman–Crippen MR) is 96.5 cm³/mol. The maximum Gasteiger partial charge on any atom is 0.220 e. The van der Waals surface area contributed by atoms with Gasteiger partial charge in [-0.05, 0) is 38.3 Å². The lowest BCUT2D eigenvalue weighted by Gasteiger charge is -2.12. The van der Waals surface area contributed by atoms with Crippen LogP contribution in [0.2, 0.25) is 0 Å². The van der Waals surface area contributed by atoms with Crippen molar-refractivity contribution in [2.24, 2.45) is 0 Å². The summed E-state index contributed by atoms with van der Waals surface area (Å²) in [6.07, 6.45) is 7.15. The number of nitrogens with zero attached hydrogens (tertiary/aromatic N) is 3. The Kier molecular flexibility index (Phi) is 5.83. The van der Waals surface area contributed by atoms with Crippen molar-refractivity contribution in [2.75, 3.05) is 5.75 Å². The van der Waals surface area contributed by atoms with E-state index in [1.165, 1.54) is 18.6 Å². The van der Waals surface area contributed by atoms with Gasteiger partial charge in [-0.1, -0.05) is 34.1 Å². The molecule has 2 aromatic rings. The molecule has 0 aromatic carbocycles. The molecule has 1 amide bonds. The first kappa shape index (κ1) is 16.6. The van der Waals surface area contributed by atoms with Crippen LogP contribution in [0.1, 0.15) is 50.9 Å². The van der Waals surface area contributed by atoms with E-state index in [4.69, 9.17) is 0 Å². The first-order valence-electron chi connectivity index (χ1n) is 8.11. The van der Waals surface area contributed by atoms with E-state index in [1.807, 2.05) is 57.3 Å². The molecular weight excluding hydrogens is 328 g/mol. The number of hydrogen-bond acceptors (Lipinski definition) is 5. The standard InChI is InChI=1S/C16H22N4OS2/c1-12(16-19-18-14-7-4-5-10-20(14)16)17-15(21)8-3-2-6-13-9-11-22-23-13/h4-5,7,10,12-13H,2-3,6,8-9,11H2,1H3,(H,17,21)/t12-,13+/m0/s1. The van der Waals surface area contributed by atoms with Crippen LogP contribution >= 0.6 is 21.6 Å². The zero-order valence-corrected chi connectivity index (χ0v) is 14.9. The van der Waals surface area contributed by atoms with Gasteiger partial charge in [0.25, 0.3) is 0 Å². The van der Waals surface area contributed by atoms with Gasteiger partial charge in [0, 0.05) is 23.6 Å². The van der Waals surface area contributed by atoms with Crippen molar-refractivity contribution in [1.29, 1.82) is 0 Å². The summed E-state index contributed by atoms with van der Waals surface area (Å²) in [5.41, 5.74) is 0.801. The number of carbonyl (C=O) groups is 1. The van der Waals surface area contributed by atoms with E-state index >= 15 is 0 Å². The van der Waals surface area contributed by atoms with Gasteiger partial charge in [0.1, 0.15) is 0 Å². The summed E-state index contributed by atoms with van der Waals surface area (Å²) in [5.74, 6) is 2.14. The summed E-state index contributed by atoms with van der Waals surface area (Å²) < 4.78 is 1.92. The number of unbranched alkanes of at least 4 members (excludes halogenated alkanes) is 1. The zero-order chi connectivity index (χ0) is 16.1. The fraction of sp³-hybridized carbons (Fsp3) is 0.562. The third-order valence-corrected chi connectivity index (χ3v) is 7.02. The minimum Gasteiger partial charge on any atom is -0.346 e. The van der Waals surface area contributed by atoms with Gasteiger partial charge >= 0.3 is 0 Å². The minimum absolute atomic E-state index is 0.0960. The Hall–Kier alpha value is -1.21. The molecule has 1 saturated heterocycles. The highest BCUT2D eigenvalue weighted by Crippen LogP contribution is 2.39. The van der Waals surface area contributed by atoms with E-state index in [1.54, 1.807) is 0 Å². The molecule has 0 aliphatic carbocycles. The molecule has 0 radical (unpaired) electrons. The summed E-state index contributed by atoms with van der Waals surface area (Å²) in [6, 6.07) is 5.64. The monoisotopic (exact) mass is 350 g/mol. The second-order valence-electron chi connectivity index (χ2n) is 5.85. The molecule has 124 valence electrons. The summed E-state index contributed by atoms with van der Waals surface area (Å²) in [6.45, 7) is 1.95. The van der Waals surface area contributed by atoms with Crippen LogP contribution in [0.15, 0.2) is 24.4 Å². The highest BCUT2D eigenvalue weighted by molar-refractivity contribution is 8.77. The van der Waals surface area contributed by atoms with E-state index in [2.05, 4.69) is 15.5 Å². The molecular formula is C16H22N4OS2. The van der Waals surface area contributed by atoms with Gasteiger partial charge < -0.3 is 5.32 Å². The van der Waals surface area contributed by atoms with Crippen LogP contribution in [-0.4, -0.2) is 31.5 Å². The first-order valence-corrected chi connectivity index (χ1v) is 10.5. The summed E-state index contributed by atoms with van der Waals surface area (Å²) in [4.78, 5) is 12.1. The number of rotatable bonds is 7. The highest BCUT2D eigenvalue weighted by atomic mass is 33.1. The second kappa shape index (κ2) is 8.06. The average Bonchev–Trinajstić information content (AvgIpc) is 3.21. The van der Waals surface area contributed by atoms with Gasteiger partial charge in [0.05, 0.1) is 6.04 Å². The molecule has 2 aromatic heterocycles. The number of carbonyl (C=O) groups excluding carboxylic acids is 1. The van der Waals surface area contributed by atoms with Gasteiger partial charge in [0.15, 0.2) is 11.5 Å². The lowest BCUT2D eigenvalue weighted by atomic mass is 10.1. The highest BCUT2D eigenvalue weighted by Gasteiger charge is 2.17. The molecule has 1 aliphatic heterocycles. The Labute approximate surface area is 144 Å². The third-order valence-electron chi connectivity index (χ3n) is 4.01. The molecule has 1 fully saturated rings. The number of amides is 1. The van der Waals surface area contributed by atoms with Crippen LogP contribution in [-0.2, 0) is 4.79 Å². The molecule has 1 N–H and O–H groups in total. The lowest BCUT2D eigenvalue weighted by molar-refractivity contribution is -0.121. The zero-order valence-electron chi connectivity index (χ0n) is 13.3. The summed E-state index contributed by atoms with van der Waals surface area (Å²) >= 11 is 0. The van der Waals surface area contributed by atoms with E-state index in [-0.39, 0.29) is 11.9 Å². The van der Waals surface area contributed by atoms with Crippen molar-refractivity contribution in [2.45, 2.75) is 50.3 Å². The molecule has 0 spiro atoms. The molecule has 0 bridgehead atoms. The number of aromatic nitrogens is 3. The fourth-order valence-electron chi connectivity index (χ4n) is 2.76. The molecule has 0 saturated carbocycles. The Morgan fingerprint density at radius 3 is 3.17 bits per heavy atom. The molecule has 0 unspecified atom stereocenters. The molecule has 23 heavy (non-hydrogen) atoms. The first-order chi connectivity index (χ1) is 11.2. The van der Waals surface area contributed by atoms with E-state index < -0.39 is 0 Å². The van der Waals surface area contributed by atoms with Crippen LogP contribution in [0.3, 0.4) is 0 Å². The predicted octanol–water partition coefficient (Wildman–Crippen LogP) is 3.62. The second-order valence-corrected chi connectivity index (χ2v) is 8.64. The third kappa shape index (κ3) is 4.41. The average molecular weight is 351 g/mol. The maximum atomic E-state index is 12.1. The van der Waals surface area contributed by atoms with Gasteiger partial charge in [0.2, 0.25) is 5.91 Å². The van der Waals surface area contributed by atoms with Crippen molar-refractivity contribution in [3.63, 3.8) is 0 Å². The normalized spacial score (nSPS) is 19.1. The number of hydrogen-bond donors (Lipinski definition) is 1. The largest absolute Gasteiger partial charge is 0.346 e. The van der Waals surface area contributed by atoms with Crippen LogP contribution in [0.25, 0.3) is 5.65 Å². The Bertz CT molecular complexity index is 654. The molecule has 2 atom stereocenters. The number of pyridine rings is 1. The summed E-state index contributed by atoms with van der Waals surface area (Å²) in [5, 5.41) is 12.1. The Morgan fingerprint density at radius 1 is 1.43 bits per heavy atom. The van der Waals surface area contributed by atoms with Crippen molar-refractivity contribution in [1.82, 2.24) is 19.9 Å². The quantitative estimate of drug-likeness (QED) is 0.610. The van der Waals surface area contributed by atoms with Crippen LogP contribution < -0.4 is 5.32 Å². The van der Waals surface area contributed by atoms with Crippen molar-refractivity contribution in [3.05, 3.63) is 30.2 Å². The van der Waals surface area contributed by atoms with Crippen molar-refractivity contribution < 1.29 is 4.79 Å². The maximum absolute atomic E-state index is 12.1. The topological polar surface area (TPSA) is 59.3 Å². The van der Waals surface area contributed by atoms with Crippen molar-refractivity contribution >= 4 is 33.1 Å². The number of nitrogens with one attached hydrogen (secondary N) is 1. The lowest BCUT2D eigenvalue weighted by Crippen LogP contribution is -2.27. The smallest absolute Gasteiger partial charge is 0.220 e. The molecule has 5 nitrogen and oxygen atoms in total. The van der Waals surface area contributed by atoms with Crippen LogP contribution in [0.5, 0.6) is 0 Å². The van der Waals surface area contributed by atoms with E-state index in [0.717, 1.165) is 29.6 Å². The Balaban J connectivity index is 1.43. The van der Waals surface area contributed by atoms with Crippen LogP contribution in [0.4, 0.5) is 0 Å². The SMILES string of the molecule is C[C@H](NC(=O)CCCC[C@@H]1CCSS1)c1nnc2ccccn12. The van der Waals surface area contributed by atoms with E-state index in [9.17, 15) is 4.79 Å². The van der Waals surface area contributed by atoms with E-state index in [0.29, 0.717) is 6.42 Å². The van der Waals surface area contributed by atoms with Crippen molar-refractivity contribution in [3.8, 4) is 0 Å².